The van der Waals surface area contributed by atoms with Crippen molar-refractivity contribution in [1.82, 2.24) is 10.2 Å². The number of benzene rings is 1. The van der Waals surface area contributed by atoms with Crippen LogP contribution < -0.4 is 11.6 Å². The highest BCUT2D eigenvalue weighted by Gasteiger charge is 2.09. The highest BCUT2D eigenvalue weighted by atomic mass is 79.9. The van der Waals surface area contributed by atoms with Crippen molar-refractivity contribution >= 4 is 32.9 Å². The molecule has 0 fully saturated rings. The smallest absolute Gasteiger partial charge is 0.247 e. The first-order valence-corrected chi connectivity index (χ1v) is 6.71. The van der Waals surface area contributed by atoms with Crippen LogP contribution in [0.5, 0.6) is 0 Å². The van der Waals surface area contributed by atoms with E-state index in [0.717, 1.165) is 10.0 Å². The number of aromatic nitrogens is 2. The van der Waals surface area contributed by atoms with Gasteiger partial charge in [-0.15, -0.1) is 10.2 Å². The molecule has 6 nitrogen and oxygen atoms in total. The lowest BCUT2D eigenvalue weighted by Gasteiger charge is -1.95. The first-order valence-electron chi connectivity index (χ1n) is 4.93. The molecule has 1 aromatic heterocycles. The monoisotopic (exact) mass is 327 g/mol. The molecule has 1 aromatic carbocycles. The molecule has 0 spiro atoms. The molecule has 0 bridgehead atoms. The molecule has 8 heteroatoms. The van der Waals surface area contributed by atoms with Crippen molar-refractivity contribution < 1.29 is 4.42 Å². The van der Waals surface area contributed by atoms with Gasteiger partial charge in [-0.1, -0.05) is 27.7 Å². The number of thioether (sulfide) groups is 1. The van der Waals surface area contributed by atoms with Gasteiger partial charge in [-0.3, -0.25) is 0 Å². The number of nitrogens with zero attached hydrogens (tertiary/aromatic N) is 3. The molecule has 94 valence electrons. The van der Waals surface area contributed by atoms with E-state index in [4.69, 9.17) is 16.0 Å². The molecule has 0 aliphatic heterocycles. The number of hydrogen-bond acceptors (Lipinski definition) is 6. The van der Waals surface area contributed by atoms with Gasteiger partial charge >= 0.3 is 0 Å². The minimum atomic E-state index is 0.276. The van der Waals surface area contributed by atoms with Crippen LogP contribution >= 0.6 is 27.7 Å². The summed E-state index contributed by atoms with van der Waals surface area (Å²) in [5, 5.41) is 11.5. The third-order valence-electron chi connectivity index (χ3n) is 2.03. The summed E-state index contributed by atoms with van der Waals surface area (Å²) in [6.07, 6.45) is 0. The van der Waals surface area contributed by atoms with Gasteiger partial charge in [-0.05, 0) is 24.3 Å². The van der Waals surface area contributed by atoms with E-state index in [0.29, 0.717) is 17.5 Å². The average Bonchev–Trinajstić information content (AvgIpc) is 2.85. The third kappa shape index (κ3) is 3.23. The largest absolute Gasteiger partial charge is 0.420 e. The third-order valence-corrected chi connectivity index (χ3v) is 3.35. The van der Waals surface area contributed by atoms with Gasteiger partial charge in [-0.25, -0.2) is 0 Å². The fourth-order valence-corrected chi connectivity index (χ4v) is 1.92. The number of amidine groups is 1. The fourth-order valence-electron chi connectivity index (χ4n) is 1.19. The molecule has 0 radical (unpaired) electrons. The normalized spacial score (nSPS) is 11.7. The topological polar surface area (TPSA) is 103 Å². The van der Waals surface area contributed by atoms with Crippen LogP contribution in [0.1, 0.15) is 5.89 Å². The fraction of sp³-hybridized carbons (Fsp3) is 0.100. The molecule has 0 atom stereocenters. The summed E-state index contributed by atoms with van der Waals surface area (Å²) in [5.74, 6) is 6.41. The van der Waals surface area contributed by atoms with Crippen molar-refractivity contribution in [3.63, 3.8) is 0 Å². The predicted molar refractivity (Wildman–Crippen MR) is 74.5 cm³/mol. The second kappa shape index (κ2) is 5.87. The number of hydrazone groups is 1. The van der Waals surface area contributed by atoms with Crippen LogP contribution in [0.2, 0.25) is 0 Å². The van der Waals surface area contributed by atoms with Gasteiger partial charge in [0, 0.05) is 10.0 Å². The van der Waals surface area contributed by atoms with E-state index in [2.05, 4.69) is 31.2 Å². The van der Waals surface area contributed by atoms with Crippen LogP contribution in [0.15, 0.2) is 38.3 Å². The molecule has 18 heavy (non-hydrogen) atoms. The molecule has 4 N–H and O–H groups in total. The quantitative estimate of drug-likeness (QED) is 0.386. The first kappa shape index (κ1) is 12.9. The SMILES string of the molecule is NN=C(N)SCc1nnc(-c2ccc(Br)cc2)o1. The number of rotatable bonds is 3. The van der Waals surface area contributed by atoms with E-state index in [1.807, 2.05) is 24.3 Å². The molecular weight excluding hydrogens is 318 g/mol. The van der Waals surface area contributed by atoms with Crippen molar-refractivity contribution in [2.75, 3.05) is 0 Å². The van der Waals surface area contributed by atoms with Crippen molar-refractivity contribution in [3.8, 4) is 11.5 Å². The first-order chi connectivity index (χ1) is 8.69. The summed E-state index contributed by atoms with van der Waals surface area (Å²) in [7, 11) is 0. The maximum atomic E-state index is 5.49. The van der Waals surface area contributed by atoms with Crippen LogP contribution in [0.4, 0.5) is 0 Å². The zero-order chi connectivity index (χ0) is 13.0. The average molecular weight is 328 g/mol. The van der Waals surface area contributed by atoms with Gasteiger partial charge in [0.1, 0.15) is 0 Å². The van der Waals surface area contributed by atoms with Crippen LogP contribution in [0, 0.1) is 0 Å². The van der Waals surface area contributed by atoms with E-state index in [1.165, 1.54) is 11.8 Å². The van der Waals surface area contributed by atoms with Crippen LogP contribution in [-0.4, -0.2) is 15.4 Å². The summed E-state index contributed by atoms with van der Waals surface area (Å²) >= 11 is 4.60. The van der Waals surface area contributed by atoms with Crippen LogP contribution in [0.3, 0.4) is 0 Å². The Morgan fingerprint density at radius 2 is 2.06 bits per heavy atom. The number of nitrogens with two attached hydrogens (primary N) is 2. The Hall–Kier alpha value is -1.54. The van der Waals surface area contributed by atoms with Gasteiger partial charge in [0.25, 0.3) is 0 Å². The number of hydrogen-bond donors (Lipinski definition) is 2. The maximum absolute atomic E-state index is 5.49. The lowest BCUT2D eigenvalue weighted by molar-refractivity contribution is 0.529. The molecule has 1 heterocycles. The van der Waals surface area contributed by atoms with Crippen molar-refractivity contribution in [3.05, 3.63) is 34.6 Å². The summed E-state index contributed by atoms with van der Waals surface area (Å²) in [6, 6.07) is 7.61. The summed E-state index contributed by atoms with van der Waals surface area (Å²) < 4.78 is 6.49. The van der Waals surface area contributed by atoms with Crippen molar-refractivity contribution in [1.29, 1.82) is 0 Å². The van der Waals surface area contributed by atoms with Crippen molar-refractivity contribution in [2.45, 2.75) is 5.75 Å². The number of halogens is 1. The Bertz CT molecular complexity index is 554. The van der Waals surface area contributed by atoms with Gasteiger partial charge in [0.15, 0.2) is 5.17 Å². The molecular formula is C10H10BrN5OS. The molecule has 0 unspecified atom stereocenters. The van der Waals surface area contributed by atoms with Crippen molar-refractivity contribution in [2.24, 2.45) is 16.7 Å². The lowest BCUT2D eigenvalue weighted by Crippen LogP contribution is -2.09. The summed E-state index contributed by atoms with van der Waals surface area (Å²) in [5.41, 5.74) is 6.31. The van der Waals surface area contributed by atoms with Gasteiger partial charge < -0.3 is 16.0 Å². The molecule has 2 aromatic rings. The molecule has 0 aliphatic rings. The minimum Gasteiger partial charge on any atom is -0.420 e. The van der Waals surface area contributed by atoms with E-state index in [1.54, 1.807) is 0 Å². The predicted octanol–water partition coefficient (Wildman–Crippen LogP) is 1.92. The molecule has 0 saturated heterocycles. The van der Waals surface area contributed by atoms with Crippen LogP contribution in [-0.2, 0) is 5.75 Å². The van der Waals surface area contributed by atoms with Gasteiger partial charge in [-0.2, -0.15) is 5.10 Å². The summed E-state index contributed by atoms with van der Waals surface area (Å²) in [4.78, 5) is 0. The Kier molecular flexibility index (Phi) is 4.21. The van der Waals surface area contributed by atoms with Gasteiger partial charge in [0.05, 0.1) is 5.75 Å². The minimum absolute atomic E-state index is 0.276. The second-order valence-corrected chi connectivity index (χ2v) is 5.18. The maximum Gasteiger partial charge on any atom is 0.247 e. The second-order valence-electron chi connectivity index (χ2n) is 3.26. The Labute approximate surface area is 116 Å². The molecule has 2 rings (SSSR count). The van der Waals surface area contributed by atoms with E-state index < -0.39 is 0 Å². The zero-order valence-corrected chi connectivity index (χ0v) is 11.6. The van der Waals surface area contributed by atoms with E-state index in [-0.39, 0.29) is 5.17 Å². The Morgan fingerprint density at radius 3 is 2.72 bits per heavy atom. The zero-order valence-electron chi connectivity index (χ0n) is 9.21. The van der Waals surface area contributed by atoms with E-state index >= 15 is 0 Å². The lowest BCUT2D eigenvalue weighted by atomic mass is 10.2. The Balaban J connectivity index is 2.08. The summed E-state index contributed by atoms with van der Waals surface area (Å²) in [6.45, 7) is 0. The molecule has 0 saturated carbocycles. The Morgan fingerprint density at radius 1 is 1.33 bits per heavy atom. The molecule has 0 aliphatic carbocycles. The standard InChI is InChI=1S/C10H10BrN5OS/c11-7-3-1-6(2-4-7)9-16-15-8(17-9)5-18-10(12)14-13/h1-4H,5,13H2,(H2,12,14). The van der Waals surface area contributed by atoms with E-state index in [9.17, 15) is 0 Å². The highest BCUT2D eigenvalue weighted by molar-refractivity contribution is 9.10. The molecule has 0 amide bonds. The van der Waals surface area contributed by atoms with Gasteiger partial charge in [0.2, 0.25) is 11.8 Å². The van der Waals surface area contributed by atoms with Crippen LogP contribution in [0.25, 0.3) is 11.5 Å². The highest BCUT2D eigenvalue weighted by Crippen LogP contribution is 2.21.